The van der Waals surface area contributed by atoms with Gasteiger partial charge in [0, 0.05) is 23.5 Å². The second-order valence-electron chi connectivity index (χ2n) is 4.55. The predicted molar refractivity (Wildman–Crippen MR) is 74.9 cm³/mol. The molecule has 0 N–H and O–H groups in total. The summed E-state index contributed by atoms with van der Waals surface area (Å²) in [6.07, 6.45) is 2.28. The highest BCUT2D eigenvalue weighted by atomic mass is 32.1. The van der Waals surface area contributed by atoms with Gasteiger partial charge in [-0.05, 0) is 42.0 Å². The summed E-state index contributed by atoms with van der Waals surface area (Å²) in [5, 5.41) is 2.07. The lowest BCUT2D eigenvalue weighted by Gasteiger charge is -2.15. The molecule has 2 heterocycles. The standard InChI is InChI=1S/C15H15NOS/c17-15(16-9-1-2-10-16)13-7-5-12(6-8-13)14-4-3-11-18-14/h3-8,11H,1-2,9-10H2. The Morgan fingerprint density at radius 2 is 1.78 bits per heavy atom. The average Bonchev–Trinajstić information content (AvgIpc) is 3.11. The average molecular weight is 257 g/mol. The molecule has 0 saturated carbocycles. The van der Waals surface area contributed by atoms with Crippen LogP contribution in [0.5, 0.6) is 0 Å². The summed E-state index contributed by atoms with van der Waals surface area (Å²) in [5.41, 5.74) is 1.99. The molecule has 92 valence electrons. The molecule has 2 aromatic rings. The Balaban J connectivity index is 1.80. The lowest BCUT2D eigenvalue weighted by molar-refractivity contribution is 0.0793. The molecule has 1 aromatic carbocycles. The van der Waals surface area contributed by atoms with E-state index in [9.17, 15) is 4.79 Å². The van der Waals surface area contributed by atoms with E-state index in [1.54, 1.807) is 11.3 Å². The number of amides is 1. The van der Waals surface area contributed by atoms with Crippen LogP contribution >= 0.6 is 11.3 Å². The van der Waals surface area contributed by atoms with E-state index in [2.05, 4.69) is 11.4 Å². The number of hydrogen-bond acceptors (Lipinski definition) is 2. The Bertz CT molecular complexity index is 524. The molecule has 1 aliphatic rings. The smallest absolute Gasteiger partial charge is 0.253 e. The van der Waals surface area contributed by atoms with E-state index in [-0.39, 0.29) is 5.91 Å². The van der Waals surface area contributed by atoms with Crippen molar-refractivity contribution in [2.45, 2.75) is 12.8 Å². The highest BCUT2D eigenvalue weighted by Crippen LogP contribution is 2.25. The Hall–Kier alpha value is -1.61. The van der Waals surface area contributed by atoms with Crippen LogP contribution in [0.2, 0.25) is 0 Å². The number of carbonyl (C=O) groups excluding carboxylic acids is 1. The molecule has 0 atom stereocenters. The summed E-state index contributed by atoms with van der Waals surface area (Å²) in [4.78, 5) is 15.4. The van der Waals surface area contributed by atoms with Gasteiger partial charge in [-0.15, -0.1) is 11.3 Å². The molecular weight excluding hydrogens is 242 g/mol. The number of hydrogen-bond donors (Lipinski definition) is 0. The predicted octanol–water partition coefficient (Wildman–Crippen LogP) is 3.65. The minimum absolute atomic E-state index is 0.172. The van der Waals surface area contributed by atoms with Crippen LogP contribution in [0.3, 0.4) is 0 Å². The fourth-order valence-corrected chi connectivity index (χ4v) is 3.06. The molecule has 1 aromatic heterocycles. The van der Waals surface area contributed by atoms with E-state index in [0.717, 1.165) is 31.5 Å². The third-order valence-corrected chi connectivity index (χ3v) is 4.25. The maximum Gasteiger partial charge on any atom is 0.253 e. The summed E-state index contributed by atoms with van der Waals surface area (Å²) in [6.45, 7) is 1.82. The van der Waals surface area contributed by atoms with Crippen LogP contribution in [0.1, 0.15) is 23.2 Å². The molecule has 2 nitrogen and oxygen atoms in total. The number of likely N-dealkylation sites (tertiary alicyclic amines) is 1. The van der Waals surface area contributed by atoms with Gasteiger partial charge in [-0.3, -0.25) is 4.79 Å². The Morgan fingerprint density at radius 1 is 1.06 bits per heavy atom. The van der Waals surface area contributed by atoms with E-state index in [4.69, 9.17) is 0 Å². The topological polar surface area (TPSA) is 20.3 Å². The molecule has 18 heavy (non-hydrogen) atoms. The van der Waals surface area contributed by atoms with Crippen LogP contribution in [0.25, 0.3) is 10.4 Å². The number of thiophene rings is 1. The second-order valence-corrected chi connectivity index (χ2v) is 5.50. The molecule has 3 rings (SSSR count). The normalized spacial score (nSPS) is 15.0. The molecule has 1 aliphatic heterocycles. The molecule has 1 fully saturated rings. The van der Waals surface area contributed by atoms with Crippen molar-refractivity contribution in [1.82, 2.24) is 4.90 Å². The van der Waals surface area contributed by atoms with Gasteiger partial charge in [0.2, 0.25) is 0 Å². The molecule has 3 heteroatoms. The monoisotopic (exact) mass is 257 g/mol. The Labute approximate surface area is 111 Å². The zero-order valence-electron chi connectivity index (χ0n) is 10.1. The van der Waals surface area contributed by atoms with E-state index in [0.29, 0.717) is 0 Å². The molecule has 0 bridgehead atoms. The lowest BCUT2D eigenvalue weighted by atomic mass is 10.1. The second kappa shape index (κ2) is 4.94. The van der Waals surface area contributed by atoms with Crippen molar-refractivity contribution in [1.29, 1.82) is 0 Å². The van der Waals surface area contributed by atoms with Gasteiger partial charge in [0.15, 0.2) is 0 Å². The first-order valence-corrected chi connectivity index (χ1v) is 7.16. The summed E-state index contributed by atoms with van der Waals surface area (Å²) in [6, 6.07) is 12.1. The molecular formula is C15H15NOS. The Kier molecular flexibility index (Phi) is 3.15. The third kappa shape index (κ3) is 2.18. The van der Waals surface area contributed by atoms with E-state index in [1.807, 2.05) is 35.2 Å². The highest BCUT2D eigenvalue weighted by Gasteiger charge is 2.19. The van der Waals surface area contributed by atoms with E-state index >= 15 is 0 Å². The molecule has 1 saturated heterocycles. The first kappa shape index (κ1) is 11.5. The number of benzene rings is 1. The van der Waals surface area contributed by atoms with Gasteiger partial charge in [-0.2, -0.15) is 0 Å². The van der Waals surface area contributed by atoms with Crippen molar-refractivity contribution in [3.8, 4) is 10.4 Å². The summed E-state index contributed by atoms with van der Waals surface area (Å²) < 4.78 is 0. The first-order chi connectivity index (χ1) is 8.84. The van der Waals surface area contributed by atoms with Gasteiger partial charge in [0.05, 0.1) is 0 Å². The zero-order valence-corrected chi connectivity index (χ0v) is 11.0. The SMILES string of the molecule is O=C(c1ccc(-c2cccs2)cc1)N1CCCC1. The maximum atomic E-state index is 12.2. The number of rotatable bonds is 2. The van der Waals surface area contributed by atoms with Crippen LogP contribution < -0.4 is 0 Å². The van der Waals surface area contributed by atoms with Crippen LogP contribution in [-0.4, -0.2) is 23.9 Å². The van der Waals surface area contributed by atoms with E-state index in [1.165, 1.54) is 10.4 Å². The number of nitrogens with zero attached hydrogens (tertiary/aromatic N) is 1. The maximum absolute atomic E-state index is 12.2. The van der Waals surface area contributed by atoms with Gasteiger partial charge in [-0.25, -0.2) is 0 Å². The molecule has 0 unspecified atom stereocenters. The molecule has 0 radical (unpaired) electrons. The number of carbonyl (C=O) groups is 1. The summed E-state index contributed by atoms with van der Waals surface area (Å²) >= 11 is 1.72. The van der Waals surface area contributed by atoms with Crippen molar-refractivity contribution < 1.29 is 4.79 Å². The van der Waals surface area contributed by atoms with Crippen LogP contribution in [-0.2, 0) is 0 Å². The lowest BCUT2D eigenvalue weighted by Crippen LogP contribution is -2.27. The van der Waals surface area contributed by atoms with Gasteiger partial charge in [0.1, 0.15) is 0 Å². The van der Waals surface area contributed by atoms with Gasteiger partial charge >= 0.3 is 0 Å². The fourth-order valence-electron chi connectivity index (χ4n) is 2.32. The van der Waals surface area contributed by atoms with Crippen molar-refractivity contribution in [2.24, 2.45) is 0 Å². The molecule has 0 aliphatic carbocycles. The first-order valence-electron chi connectivity index (χ1n) is 6.28. The van der Waals surface area contributed by atoms with Crippen molar-refractivity contribution in [3.63, 3.8) is 0 Å². The minimum Gasteiger partial charge on any atom is -0.339 e. The third-order valence-electron chi connectivity index (χ3n) is 3.33. The largest absolute Gasteiger partial charge is 0.339 e. The van der Waals surface area contributed by atoms with Gasteiger partial charge in [-0.1, -0.05) is 18.2 Å². The van der Waals surface area contributed by atoms with Crippen molar-refractivity contribution in [2.75, 3.05) is 13.1 Å². The summed E-state index contributed by atoms with van der Waals surface area (Å²) in [7, 11) is 0. The zero-order chi connectivity index (χ0) is 12.4. The van der Waals surface area contributed by atoms with Crippen molar-refractivity contribution >= 4 is 17.2 Å². The van der Waals surface area contributed by atoms with Gasteiger partial charge < -0.3 is 4.90 Å². The fraction of sp³-hybridized carbons (Fsp3) is 0.267. The molecule has 0 spiro atoms. The van der Waals surface area contributed by atoms with Crippen LogP contribution in [0.15, 0.2) is 41.8 Å². The molecule has 1 amide bonds. The Morgan fingerprint density at radius 3 is 2.39 bits per heavy atom. The van der Waals surface area contributed by atoms with Gasteiger partial charge in [0.25, 0.3) is 5.91 Å². The van der Waals surface area contributed by atoms with Crippen LogP contribution in [0.4, 0.5) is 0 Å². The van der Waals surface area contributed by atoms with Crippen molar-refractivity contribution in [3.05, 3.63) is 47.3 Å². The minimum atomic E-state index is 0.172. The highest BCUT2D eigenvalue weighted by molar-refractivity contribution is 7.13. The quantitative estimate of drug-likeness (QED) is 0.804. The summed E-state index contributed by atoms with van der Waals surface area (Å²) in [5.74, 6) is 0.172. The van der Waals surface area contributed by atoms with Crippen LogP contribution in [0, 0.1) is 0 Å². The van der Waals surface area contributed by atoms with E-state index < -0.39 is 0 Å².